The Morgan fingerprint density at radius 2 is 0.733 bits per heavy atom. The lowest BCUT2D eigenvalue weighted by molar-refractivity contribution is -0.297. The lowest BCUT2D eigenvalue weighted by Crippen LogP contribution is -2.54. The van der Waals surface area contributed by atoms with Crippen LogP contribution in [0.3, 0.4) is 0 Å². The fourth-order valence-corrected chi connectivity index (χ4v) is 8.40. The number of hydrogen-bond acceptors (Lipinski definition) is 16. The Labute approximate surface area is 345 Å². The Hall–Kier alpha value is -6.06. The Balaban J connectivity index is 0.892. The topological polar surface area (TPSA) is 217 Å². The number of rotatable bonds is 8. The van der Waals surface area contributed by atoms with Crippen molar-refractivity contribution in [2.75, 3.05) is 0 Å². The zero-order chi connectivity index (χ0) is 42.7. The Morgan fingerprint density at radius 1 is 0.433 bits per heavy atom. The third-order valence-corrected chi connectivity index (χ3v) is 12.2. The molecular formula is C44H48O16. The van der Waals surface area contributed by atoms with Crippen LogP contribution in [0.5, 0.6) is 0 Å². The standard InChI is InChI=1S/C44H48O16/c1-3-27-15-19-41(20-16-27)53-33(45)29(34(46)54-41)11-7-5-9-13-31-37(49)57-43(58-38(31)50)23-25-44(26-24-43)59-39(51)32(40(52)60-44)14-10-6-8-12-30-35(47)55-42(56-36(30)48)21-17-28(4-2)18-22-42/h5-14,27-28,45,51H,3-4,15-26H2,1-2H3/b8-6+,9-5+,11-7+,14-10+,30-12?,31-13?. The first-order valence-corrected chi connectivity index (χ1v) is 20.5. The van der Waals surface area contributed by atoms with Crippen molar-refractivity contribution in [1.82, 2.24) is 0 Å². The van der Waals surface area contributed by atoms with Gasteiger partial charge in [0.15, 0.2) is 0 Å². The maximum atomic E-state index is 13.0. The van der Waals surface area contributed by atoms with E-state index in [9.17, 15) is 39.0 Å². The van der Waals surface area contributed by atoms with Crippen LogP contribution in [0.2, 0.25) is 0 Å². The van der Waals surface area contributed by atoms with E-state index in [1.807, 2.05) is 0 Å². The average Bonchev–Trinajstić information content (AvgIpc) is 3.20. The van der Waals surface area contributed by atoms with E-state index in [-0.39, 0.29) is 42.4 Å². The molecule has 0 unspecified atom stereocenters. The van der Waals surface area contributed by atoms with E-state index in [4.69, 9.17) is 37.9 Å². The quantitative estimate of drug-likeness (QED) is 0.0876. The van der Waals surface area contributed by atoms with Gasteiger partial charge in [0, 0.05) is 51.4 Å². The summed E-state index contributed by atoms with van der Waals surface area (Å²) in [6.07, 6.45) is 20.0. The molecule has 320 valence electrons. The number of ether oxygens (including phenoxy) is 8. The van der Waals surface area contributed by atoms with Gasteiger partial charge in [0.05, 0.1) is 0 Å². The van der Waals surface area contributed by atoms with E-state index in [2.05, 4.69) is 13.8 Å². The predicted octanol–water partition coefficient (Wildman–Crippen LogP) is 6.51. The number of esters is 6. The van der Waals surface area contributed by atoms with Gasteiger partial charge in [-0.15, -0.1) is 0 Å². The molecule has 3 saturated carbocycles. The molecule has 0 atom stereocenters. The summed E-state index contributed by atoms with van der Waals surface area (Å²) in [5, 5.41) is 21.1. The summed E-state index contributed by atoms with van der Waals surface area (Å²) in [6, 6.07) is 0. The molecule has 60 heavy (non-hydrogen) atoms. The third kappa shape index (κ3) is 8.77. The van der Waals surface area contributed by atoms with E-state index in [1.165, 1.54) is 60.8 Å². The summed E-state index contributed by atoms with van der Waals surface area (Å²) in [5.74, 6) is -10.9. The summed E-state index contributed by atoms with van der Waals surface area (Å²) in [5.41, 5.74) is -1.14. The molecule has 4 spiro atoms. The molecule has 0 bridgehead atoms. The van der Waals surface area contributed by atoms with Gasteiger partial charge in [-0.05, 0) is 61.8 Å². The highest BCUT2D eigenvalue weighted by Crippen LogP contribution is 2.46. The van der Waals surface area contributed by atoms with Gasteiger partial charge < -0.3 is 48.1 Å². The van der Waals surface area contributed by atoms with E-state index < -0.39 is 76.4 Å². The second-order valence-corrected chi connectivity index (χ2v) is 16.0. The Bertz CT molecular complexity index is 2010. The number of aliphatic hydroxyl groups is 2. The van der Waals surface area contributed by atoms with Crippen molar-refractivity contribution in [2.24, 2.45) is 11.8 Å². The molecule has 16 nitrogen and oxygen atoms in total. The summed E-state index contributed by atoms with van der Waals surface area (Å²) >= 11 is 0. The number of allylic oxidation sites excluding steroid dienone is 8. The van der Waals surface area contributed by atoms with E-state index in [0.29, 0.717) is 37.5 Å². The number of hydrogen-bond donors (Lipinski definition) is 2. The first-order valence-electron chi connectivity index (χ1n) is 20.5. The van der Waals surface area contributed by atoms with Crippen LogP contribution in [0.4, 0.5) is 0 Å². The highest BCUT2D eigenvalue weighted by Gasteiger charge is 2.56. The molecular weight excluding hydrogens is 784 g/mol. The van der Waals surface area contributed by atoms with Crippen molar-refractivity contribution in [1.29, 1.82) is 0 Å². The summed E-state index contributed by atoms with van der Waals surface area (Å²) in [6.45, 7) is 4.20. The van der Waals surface area contributed by atoms with Crippen molar-refractivity contribution >= 4 is 35.8 Å². The summed E-state index contributed by atoms with van der Waals surface area (Å²) < 4.78 is 44.6. The van der Waals surface area contributed by atoms with E-state index >= 15 is 0 Å². The lowest BCUT2D eigenvalue weighted by Gasteiger charge is -2.46. The molecule has 3 aliphatic carbocycles. The van der Waals surface area contributed by atoms with Gasteiger partial charge in [0.1, 0.15) is 22.3 Å². The first-order chi connectivity index (χ1) is 28.7. The molecule has 7 aliphatic rings. The Kier molecular flexibility index (Phi) is 11.8. The normalized spacial score (nSPS) is 33.7. The van der Waals surface area contributed by atoms with Gasteiger partial charge >= 0.3 is 35.8 Å². The van der Waals surface area contributed by atoms with Crippen molar-refractivity contribution in [3.63, 3.8) is 0 Å². The van der Waals surface area contributed by atoms with Gasteiger partial charge in [0.25, 0.3) is 35.0 Å². The molecule has 0 amide bonds. The van der Waals surface area contributed by atoms with E-state index in [1.54, 1.807) is 0 Å². The van der Waals surface area contributed by atoms with Crippen LogP contribution in [0.15, 0.2) is 94.9 Å². The van der Waals surface area contributed by atoms with Gasteiger partial charge in [-0.1, -0.05) is 63.1 Å². The second-order valence-electron chi connectivity index (χ2n) is 16.0. The van der Waals surface area contributed by atoms with Gasteiger partial charge in [-0.2, -0.15) is 0 Å². The SMILES string of the molecule is CCC1CCC2(CC1)OC(=O)C(=C/C=C/C=C/C1=C(O)OC3(CCC4(CC3)OC(=O)C(=C/C=C/C=C/C3=C(O)OC5(CCC(CC)CC5)OC3=O)C(=O)O4)OC1=O)C(=O)O2. The molecule has 16 heteroatoms. The molecule has 0 aromatic rings. The number of carbonyl (C=O) groups excluding carboxylic acids is 6. The largest absolute Gasteiger partial charge is 0.480 e. The minimum atomic E-state index is -1.65. The second kappa shape index (κ2) is 16.9. The molecule has 5 fully saturated rings. The summed E-state index contributed by atoms with van der Waals surface area (Å²) in [4.78, 5) is 76.8. The fourth-order valence-electron chi connectivity index (χ4n) is 8.40. The van der Waals surface area contributed by atoms with Crippen molar-refractivity contribution in [3.05, 3.63) is 94.9 Å². The monoisotopic (exact) mass is 832 g/mol. The molecule has 2 saturated heterocycles. The van der Waals surface area contributed by atoms with Gasteiger partial charge in [0.2, 0.25) is 0 Å². The van der Waals surface area contributed by atoms with Crippen LogP contribution in [0, 0.1) is 11.8 Å². The number of aliphatic hydroxyl groups excluding tert-OH is 2. The molecule has 0 radical (unpaired) electrons. The lowest BCUT2D eigenvalue weighted by atomic mass is 9.83. The molecule has 7 rings (SSSR count). The third-order valence-electron chi connectivity index (χ3n) is 12.2. The van der Waals surface area contributed by atoms with Crippen molar-refractivity contribution in [2.45, 2.75) is 127 Å². The smallest absolute Gasteiger partial charge is 0.348 e. The Morgan fingerprint density at radius 3 is 1.07 bits per heavy atom. The zero-order valence-electron chi connectivity index (χ0n) is 33.4. The molecule has 0 aromatic heterocycles. The molecule has 0 aromatic carbocycles. The van der Waals surface area contributed by atoms with Gasteiger partial charge in [-0.3, -0.25) is 0 Å². The summed E-state index contributed by atoms with van der Waals surface area (Å²) in [7, 11) is 0. The highest BCUT2D eigenvalue weighted by molar-refractivity contribution is 6.16. The zero-order valence-corrected chi connectivity index (χ0v) is 33.4. The number of carbonyl (C=O) groups is 6. The van der Waals surface area contributed by atoms with Gasteiger partial charge in [-0.25, -0.2) is 28.8 Å². The molecule has 4 aliphatic heterocycles. The van der Waals surface area contributed by atoms with Crippen LogP contribution in [-0.2, 0) is 66.7 Å². The van der Waals surface area contributed by atoms with Crippen LogP contribution in [0.25, 0.3) is 0 Å². The maximum Gasteiger partial charge on any atom is 0.348 e. The van der Waals surface area contributed by atoms with Crippen molar-refractivity contribution in [3.8, 4) is 0 Å². The van der Waals surface area contributed by atoms with Crippen LogP contribution in [0.1, 0.15) is 104 Å². The average molecular weight is 833 g/mol. The molecule has 4 heterocycles. The fraction of sp³-hybridized carbons (Fsp3) is 0.500. The van der Waals surface area contributed by atoms with E-state index in [0.717, 1.165) is 38.5 Å². The van der Waals surface area contributed by atoms with Crippen LogP contribution >= 0.6 is 0 Å². The maximum absolute atomic E-state index is 13.0. The van der Waals surface area contributed by atoms with Crippen molar-refractivity contribution < 1.29 is 76.9 Å². The minimum Gasteiger partial charge on any atom is -0.480 e. The van der Waals surface area contributed by atoms with Crippen LogP contribution < -0.4 is 0 Å². The molecule has 2 N–H and O–H groups in total. The minimum absolute atomic E-state index is 0.0978. The highest BCUT2D eigenvalue weighted by atomic mass is 16.8. The first kappa shape index (κ1) is 42.1. The predicted molar refractivity (Wildman–Crippen MR) is 205 cm³/mol. The van der Waals surface area contributed by atoms with Crippen LogP contribution in [-0.4, -0.2) is 69.2 Å².